The summed E-state index contributed by atoms with van der Waals surface area (Å²) in [7, 11) is 0. The Morgan fingerprint density at radius 3 is 2.00 bits per heavy atom. The van der Waals surface area contributed by atoms with Crippen LogP contribution < -0.4 is 0 Å². The normalized spacial score (nSPS) is 11.3. The van der Waals surface area contributed by atoms with Crippen molar-refractivity contribution >= 4 is 33.4 Å². The van der Waals surface area contributed by atoms with E-state index >= 15 is 0 Å². The van der Waals surface area contributed by atoms with Gasteiger partial charge in [0.25, 0.3) is 0 Å². The Labute approximate surface area is 101 Å². The molecule has 70 valence electrons. The Kier molecular flexibility index (Phi) is 5.53. The molecule has 0 aliphatic rings. The van der Waals surface area contributed by atoms with E-state index in [1.165, 1.54) is 5.56 Å². The predicted octanol–water partition coefficient (Wildman–Crippen LogP) is 2.83. The van der Waals surface area contributed by atoms with Crippen molar-refractivity contribution in [1.29, 1.82) is 0 Å². The summed E-state index contributed by atoms with van der Waals surface area (Å²) in [4.78, 5) is 0. The quantitative estimate of drug-likeness (QED) is 0.668. The van der Waals surface area contributed by atoms with Gasteiger partial charge in [0.15, 0.2) is 0 Å². The molecule has 1 rings (SSSR count). The number of hydrogen-bond acceptors (Lipinski definition) is 0. The number of benzene rings is 1. The van der Waals surface area contributed by atoms with Gasteiger partial charge < -0.3 is 0 Å². The molecule has 0 spiro atoms. The molecule has 0 atom stereocenters. The second-order valence-electron chi connectivity index (χ2n) is 4.11. The maximum atomic E-state index is 2.22. The fraction of sp³-hybridized carbons (Fsp3) is 0.333. The molecule has 2 radical (unpaired) electrons. The van der Waals surface area contributed by atoms with Gasteiger partial charge in [0.05, 0.1) is 0 Å². The second-order valence-corrected chi connectivity index (χ2v) is 4.11. The van der Waals surface area contributed by atoms with Crippen LogP contribution in [-0.4, -0.2) is 27.3 Å². The van der Waals surface area contributed by atoms with Crippen molar-refractivity contribution in [3.05, 3.63) is 42.0 Å². The van der Waals surface area contributed by atoms with Crippen molar-refractivity contribution in [2.24, 2.45) is 5.41 Å². The van der Waals surface area contributed by atoms with E-state index in [9.17, 15) is 0 Å². The van der Waals surface area contributed by atoms with Crippen molar-refractivity contribution < 1.29 is 0 Å². The molecule has 0 aliphatic carbocycles. The summed E-state index contributed by atoms with van der Waals surface area (Å²) < 4.78 is 0. The van der Waals surface area contributed by atoms with Crippen LogP contribution in [0.15, 0.2) is 36.4 Å². The molecule has 0 bridgehead atoms. The van der Waals surface area contributed by atoms with Gasteiger partial charge in [0.1, 0.15) is 0 Å². The fourth-order valence-electron chi connectivity index (χ4n) is 0.910. The molecule has 1 heteroatoms. The first-order valence-corrected chi connectivity index (χ1v) is 4.32. The standard InChI is InChI=1S/C12H16.Pb.2H/c1-12(2,3)10-9-11-7-5-4-6-8-11;;;/h4-10H,1-3H3;;;. The van der Waals surface area contributed by atoms with Crippen LogP contribution >= 0.6 is 0 Å². The Hall–Kier alpha value is -0.118. The monoisotopic (exact) mass is 370 g/mol. The zero-order valence-electron chi connectivity index (χ0n) is 8.75. The minimum absolute atomic E-state index is 0. The number of hydrogen-bond donors (Lipinski definition) is 0. The Bertz CT molecular complexity index is 254. The van der Waals surface area contributed by atoms with E-state index in [0.29, 0.717) is 0 Å². The van der Waals surface area contributed by atoms with Gasteiger partial charge in [-0.15, -0.1) is 0 Å². The van der Waals surface area contributed by atoms with Crippen LogP contribution in [0.25, 0.3) is 6.08 Å². The zero-order chi connectivity index (χ0) is 9.03. The Balaban J connectivity index is 0.00000144. The SMILES string of the molecule is CC(C)(C)C=Cc1ccccc1.[PbH2]. The van der Waals surface area contributed by atoms with Gasteiger partial charge in [-0.3, -0.25) is 0 Å². The third-order valence-corrected chi connectivity index (χ3v) is 1.58. The molecule has 0 aromatic heterocycles. The fourth-order valence-corrected chi connectivity index (χ4v) is 0.910. The van der Waals surface area contributed by atoms with Gasteiger partial charge in [-0.25, -0.2) is 0 Å². The van der Waals surface area contributed by atoms with E-state index in [2.05, 4.69) is 57.2 Å². The topological polar surface area (TPSA) is 0 Å². The van der Waals surface area contributed by atoms with E-state index in [1.807, 2.05) is 6.07 Å². The molecule has 0 nitrogen and oxygen atoms in total. The van der Waals surface area contributed by atoms with E-state index in [1.54, 1.807) is 0 Å². The van der Waals surface area contributed by atoms with E-state index in [-0.39, 0.29) is 32.7 Å². The molecule has 0 N–H and O–H groups in total. The van der Waals surface area contributed by atoms with Crippen molar-refractivity contribution in [3.8, 4) is 0 Å². The Morgan fingerprint density at radius 1 is 1.00 bits per heavy atom. The molecule has 13 heavy (non-hydrogen) atoms. The molecule has 0 amide bonds. The first-order chi connectivity index (χ1) is 5.58. The van der Waals surface area contributed by atoms with Gasteiger partial charge in [-0.1, -0.05) is 63.3 Å². The molecule has 0 fully saturated rings. The van der Waals surface area contributed by atoms with Crippen molar-refractivity contribution in [2.45, 2.75) is 20.8 Å². The van der Waals surface area contributed by atoms with Crippen molar-refractivity contribution in [2.75, 3.05) is 0 Å². The molecule has 0 saturated heterocycles. The van der Waals surface area contributed by atoms with Crippen molar-refractivity contribution in [3.63, 3.8) is 0 Å². The molecular weight excluding hydrogens is 351 g/mol. The predicted molar refractivity (Wildman–Crippen MR) is 63.5 cm³/mol. The summed E-state index contributed by atoms with van der Waals surface area (Å²) in [6, 6.07) is 10.4. The first-order valence-electron chi connectivity index (χ1n) is 4.32. The van der Waals surface area contributed by atoms with Crippen LogP contribution in [0, 0.1) is 5.41 Å². The third kappa shape index (κ3) is 6.02. The molecule has 0 saturated carbocycles. The Morgan fingerprint density at radius 2 is 1.54 bits per heavy atom. The molecule has 0 unspecified atom stereocenters. The summed E-state index contributed by atoms with van der Waals surface area (Å²) in [6.45, 7) is 6.60. The van der Waals surface area contributed by atoms with Gasteiger partial charge >= 0.3 is 27.3 Å². The van der Waals surface area contributed by atoms with E-state index in [0.717, 1.165) is 0 Å². The van der Waals surface area contributed by atoms with Crippen molar-refractivity contribution in [1.82, 2.24) is 0 Å². The molecule has 1 aromatic carbocycles. The third-order valence-electron chi connectivity index (χ3n) is 1.58. The van der Waals surface area contributed by atoms with Gasteiger partial charge in [0.2, 0.25) is 0 Å². The van der Waals surface area contributed by atoms with Crippen LogP contribution in [-0.2, 0) is 0 Å². The number of allylic oxidation sites excluding steroid dienone is 1. The summed E-state index contributed by atoms with van der Waals surface area (Å²) in [5, 5.41) is 0. The average Bonchev–Trinajstić information content (AvgIpc) is 2.02. The van der Waals surface area contributed by atoms with E-state index < -0.39 is 0 Å². The van der Waals surface area contributed by atoms with Gasteiger partial charge in [-0.05, 0) is 11.0 Å². The van der Waals surface area contributed by atoms with Crippen LogP contribution in [0.5, 0.6) is 0 Å². The summed E-state index contributed by atoms with van der Waals surface area (Å²) >= 11 is 0. The number of rotatable bonds is 1. The molecular formula is C12H18Pb. The molecule has 0 aliphatic heterocycles. The molecule has 0 heterocycles. The van der Waals surface area contributed by atoms with Crippen LogP contribution in [0.2, 0.25) is 0 Å². The summed E-state index contributed by atoms with van der Waals surface area (Å²) in [5.41, 5.74) is 1.54. The second kappa shape index (κ2) is 5.58. The van der Waals surface area contributed by atoms with Crippen LogP contribution in [0.4, 0.5) is 0 Å². The average molecular weight is 369 g/mol. The summed E-state index contributed by atoms with van der Waals surface area (Å²) in [6.07, 6.45) is 4.39. The van der Waals surface area contributed by atoms with Crippen LogP contribution in [0.1, 0.15) is 26.3 Å². The van der Waals surface area contributed by atoms with Gasteiger partial charge in [0, 0.05) is 0 Å². The maximum absolute atomic E-state index is 2.22. The zero-order valence-corrected chi connectivity index (χ0v) is 14.2. The first kappa shape index (κ1) is 12.9. The van der Waals surface area contributed by atoms with Gasteiger partial charge in [-0.2, -0.15) is 0 Å². The van der Waals surface area contributed by atoms with Crippen LogP contribution in [0.3, 0.4) is 0 Å². The van der Waals surface area contributed by atoms with E-state index in [4.69, 9.17) is 0 Å². The molecule has 1 aromatic rings. The summed E-state index contributed by atoms with van der Waals surface area (Å²) in [5.74, 6) is 0. The minimum atomic E-state index is 0.